The zero-order chi connectivity index (χ0) is 17.4. The molecule has 0 atom stereocenters. The summed E-state index contributed by atoms with van der Waals surface area (Å²) in [4.78, 5) is 30.5. The van der Waals surface area contributed by atoms with E-state index in [2.05, 4.69) is 34.3 Å². The predicted molar refractivity (Wildman–Crippen MR) is 97.5 cm³/mol. The highest BCUT2D eigenvalue weighted by Crippen LogP contribution is 2.11. The SMILES string of the molecule is CCCc1cc(=O)[nH]c(SCC(=O)NCCc2ccccc2C)n1. The monoisotopic (exact) mass is 345 g/mol. The molecule has 5 nitrogen and oxygen atoms in total. The Morgan fingerprint density at radius 3 is 2.83 bits per heavy atom. The summed E-state index contributed by atoms with van der Waals surface area (Å²) >= 11 is 1.25. The highest BCUT2D eigenvalue weighted by molar-refractivity contribution is 7.99. The first-order chi connectivity index (χ1) is 11.6. The standard InChI is InChI=1S/C18H23N3O2S/c1-3-6-15-11-16(22)21-18(20-15)24-12-17(23)19-10-9-14-8-5-4-7-13(14)2/h4-5,7-8,11H,3,6,9-10,12H2,1-2H3,(H,19,23)(H,20,21,22). The van der Waals surface area contributed by atoms with E-state index in [-0.39, 0.29) is 17.2 Å². The second-order valence-corrected chi connectivity index (χ2v) is 6.57. The third-order valence-corrected chi connectivity index (χ3v) is 4.47. The van der Waals surface area contributed by atoms with Crippen LogP contribution in [0.1, 0.15) is 30.2 Å². The van der Waals surface area contributed by atoms with E-state index in [4.69, 9.17) is 0 Å². The fraction of sp³-hybridized carbons (Fsp3) is 0.389. The summed E-state index contributed by atoms with van der Waals surface area (Å²) in [6, 6.07) is 9.66. The molecule has 2 N–H and O–H groups in total. The molecular formula is C18H23N3O2S. The first-order valence-electron chi connectivity index (χ1n) is 8.12. The van der Waals surface area contributed by atoms with Crippen molar-refractivity contribution in [2.45, 2.75) is 38.3 Å². The Kier molecular flexibility index (Phi) is 7.06. The van der Waals surface area contributed by atoms with Crippen LogP contribution in [-0.2, 0) is 17.6 Å². The Morgan fingerprint density at radius 1 is 1.29 bits per heavy atom. The number of hydrogen-bond acceptors (Lipinski definition) is 4. The predicted octanol–water partition coefficient (Wildman–Crippen LogP) is 2.48. The van der Waals surface area contributed by atoms with Gasteiger partial charge in [-0.15, -0.1) is 0 Å². The molecule has 0 saturated carbocycles. The Balaban J connectivity index is 1.79. The summed E-state index contributed by atoms with van der Waals surface area (Å²) in [5, 5.41) is 3.40. The number of hydrogen-bond donors (Lipinski definition) is 2. The van der Waals surface area contributed by atoms with Crippen LogP contribution in [0.4, 0.5) is 0 Å². The second-order valence-electron chi connectivity index (χ2n) is 5.61. The number of aromatic amines is 1. The third kappa shape index (κ3) is 5.85. The topological polar surface area (TPSA) is 74.8 Å². The maximum atomic E-state index is 11.9. The van der Waals surface area contributed by atoms with Crippen molar-refractivity contribution in [3.63, 3.8) is 0 Å². The lowest BCUT2D eigenvalue weighted by molar-refractivity contribution is -0.118. The number of aromatic nitrogens is 2. The molecule has 2 aromatic rings. The average molecular weight is 345 g/mol. The summed E-state index contributed by atoms with van der Waals surface area (Å²) < 4.78 is 0. The van der Waals surface area contributed by atoms with Gasteiger partial charge in [-0.3, -0.25) is 9.59 Å². The van der Waals surface area contributed by atoms with Crippen molar-refractivity contribution in [2.24, 2.45) is 0 Å². The number of carbonyl (C=O) groups is 1. The van der Waals surface area contributed by atoms with Crippen molar-refractivity contribution < 1.29 is 4.79 Å². The average Bonchev–Trinajstić information content (AvgIpc) is 2.55. The maximum Gasteiger partial charge on any atom is 0.251 e. The first kappa shape index (κ1) is 18.3. The van der Waals surface area contributed by atoms with Gasteiger partial charge in [0.25, 0.3) is 5.56 Å². The highest BCUT2D eigenvalue weighted by Gasteiger charge is 2.06. The lowest BCUT2D eigenvalue weighted by Crippen LogP contribution is -2.27. The van der Waals surface area contributed by atoms with E-state index < -0.39 is 0 Å². The van der Waals surface area contributed by atoms with Crippen molar-refractivity contribution in [1.82, 2.24) is 15.3 Å². The van der Waals surface area contributed by atoms with Crippen LogP contribution in [0.3, 0.4) is 0 Å². The minimum Gasteiger partial charge on any atom is -0.355 e. The molecule has 0 fully saturated rings. The number of nitrogens with one attached hydrogen (secondary N) is 2. The number of benzene rings is 1. The molecule has 2 rings (SSSR count). The minimum absolute atomic E-state index is 0.0582. The summed E-state index contributed by atoms with van der Waals surface area (Å²) in [5.41, 5.74) is 3.07. The van der Waals surface area contributed by atoms with E-state index in [9.17, 15) is 9.59 Å². The van der Waals surface area contributed by atoms with E-state index >= 15 is 0 Å². The summed E-state index contributed by atoms with van der Waals surface area (Å²) in [6.07, 6.45) is 2.50. The fourth-order valence-corrected chi connectivity index (χ4v) is 3.07. The van der Waals surface area contributed by atoms with Gasteiger partial charge < -0.3 is 10.3 Å². The third-order valence-electron chi connectivity index (χ3n) is 3.60. The number of carbonyl (C=O) groups excluding carboxylic acids is 1. The molecule has 0 unspecified atom stereocenters. The molecule has 6 heteroatoms. The van der Waals surface area contributed by atoms with Gasteiger partial charge in [0.05, 0.1) is 5.75 Å². The van der Waals surface area contributed by atoms with Crippen molar-refractivity contribution in [3.8, 4) is 0 Å². The highest BCUT2D eigenvalue weighted by atomic mass is 32.2. The zero-order valence-corrected chi connectivity index (χ0v) is 14.9. The molecular weight excluding hydrogens is 322 g/mol. The van der Waals surface area contributed by atoms with Crippen LogP contribution in [-0.4, -0.2) is 28.2 Å². The smallest absolute Gasteiger partial charge is 0.251 e. The van der Waals surface area contributed by atoms with Crippen molar-refractivity contribution >= 4 is 17.7 Å². The minimum atomic E-state index is -0.170. The van der Waals surface area contributed by atoms with Crippen LogP contribution in [0.25, 0.3) is 0 Å². The molecule has 1 amide bonds. The number of aryl methyl sites for hydroxylation is 2. The molecule has 0 aliphatic rings. The summed E-state index contributed by atoms with van der Waals surface area (Å²) in [7, 11) is 0. The maximum absolute atomic E-state index is 11.9. The van der Waals surface area contributed by atoms with Crippen molar-refractivity contribution in [1.29, 1.82) is 0 Å². The van der Waals surface area contributed by atoms with E-state index in [0.29, 0.717) is 11.7 Å². The van der Waals surface area contributed by atoms with Crippen LogP contribution in [0.2, 0.25) is 0 Å². The van der Waals surface area contributed by atoms with Gasteiger partial charge in [0, 0.05) is 18.3 Å². The molecule has 0 bridgehead atoms. The van der Waals surface area contributed by atoms with Gasteiger partial charge in [0.1, 0.15) is 0 Å². The number of rotatable bonds is 8. The molecule has 0 aliphatic heterocycles. The Morgan fingerprint density at radius 2 is 2.08 bits per heavy atom. The zero-order valence-electron chi connectivity index (χ0n) is 14.1. The normalized spacial score (nSPS) is 10.6. The number of amides is 1. The number of nitrogens with zero attached hydrogens (tertiary/aromatic N) is 1. The van der Waals surface area contributed by atoms with Gasteiger partial charge in [0.15, 0.2) is 5.16 Å². The van der Waals surface area contributed by atoms with Gasteiger partial charge in [-0.25, -0.2) is 4.98 Å². The molecule has 1 heterocycles. The lowest BCUT2D eigenvalue weighted by Gasteiger charge is -2.07. The second kappa shape index (κ2) is 9.27. The molecule has 0 spiro atoms. The molecule has 0 aliphatic carbocycles. The van der Waals surface area contributed by atoms with Crippen molar-refractivity contribution in [3.05, 3.63) is 57.5 Å². The van der Waals surface area contributed by atoms with E-state index in [1.165, 1.54) is 29.0 Å². The van der Waals surface area contributed by atoms with Crippen molar-refractivity contribution in [2.75, 3.05) is 12.3 Å². The van der Waals surface area contributed by atoms with Crippen LogP contribution >= 0.6 is 11.8 Å². The molecule has 0 saturated heterocycles. The first-order valence-corrected chi connectivity index (χ1v) is 9.11. The molecule has 24 heavy (non-hydrogen) atoms. The van der Waals surface area contributed by atoms with Gasteiger partial charge in [-0.1, -0.05) is 49.4 Å². The molecule has 128 valence electrons. The van der Waals surface area contributed by atoms with E-state index in [1.807, 2.05) is 19.1 Å². The lowest BCUT2D eigenvalue weighted by atomic mass is 10.1. The Hall–Kier alpha value is -2.08. The van der Waals surface area contributed by atoms with E-state index in [0.717, 1.165) is 25.0 Å². The van der Waals surface area contributed by atoms with Gasteiger partial charge in [0.2, 0.25) is 5.91 Å². The largest absolute Gasteiger partial charge is 0.355 e. The Bertz CT molecular complexity index is 743. The number of H-pyrrole nitrogens is 1. The van der Waals surface area contributed by atoms with E-state index in [1.54, 1.807) is 0 Å². The van der Waals surface area contributed by atoms with Crippen LogP contribution in [0.5, 0.6) is 0 Å². The fourth-order valence-electron chi connectivity index (χ4n) is 2.35. The molecule has 0 radical (unpaired) electrons. The van der Waals surface area contributed by atoms with Crippen LogP contribution in [0.15, 0.2) is 40.3 Å². The summed E-state index contributed by atoms with van der Waals surface area (Å²) in [6.45, 7) is 4.71. The van der Waals surface area contributed by atoms with Gasteiger partial charge >= 0.3 is 0 Å². The van der Waals surface area contributed by atoms with Gasteiger partial charge in [-0.05, 0) is 30.9 Å². The summed E-state index contributed by atoms with van der Waals surface area (Å²) in [5.74, 6) is 0.184. The van der Waals surface area contributed by atoms with Crippen LogP contribution in [0, 0.1) is 6.92 Å². The number of thioether (sulfide) groups is 1. The quantitative estimate of drug-likeness (QED) is 0.569. The van der Waals surface area contributed by atoms with Gasteiger partial charge in [-0.2, -0.15) is 0 Å². The molecule has 1 aromatic carbocycles. The molecule has 1 aromatic heterocycles. The Labute approximate surface area is 146 Å². The van der Waals surface area contributed by atoms with Crippen LogP contribution < -0.4 is 10.9 Å².